The van der Waals surface area contributed by atoms with Crippen LogP contribution in [0.2, 0.25) is 0 Å². The van der Waals surface area contributed by atoms with Gasteiger partial charge in [0.25, 0.3) is 0 Å². The molecule has 0 bridgehead atoms. The van der Waals surface area contributed by atoms with Crippen molar-refractivity contribution in [1.82, 2.24) is 25.9 Å². The number of hydrogen-bond acceptors (Lipinski definition) is 5. The second-order valence-electron chi connectivity index (χ2n) is 7.36. The fraction of sp³-hybridized carbons (Fsp3) is 0.632. The third kappa shape index (κ3) is 5.09. The van der Waals surface area contributed by atoms with E-state index in [0.717, 1.165) is 31.3 Å². The summed E-state index contributed by atoms with van der Waals surface area (Å²) in [5, 5.41) is 17.7. The lowest BCUT2D eigenvalue weighted by Gasteiger charge is -2.28. The third-order valence-electron chi connectivity index (χ3n) is 5.49. The summed E-state index contributed by atoms with van der Waals surface area (Å²) in [7, 11) is 0. The molecule has 1 saturated carbocycles. The predicted molar refractivity (Wildman–Crippen MR) is 98.7 cm³/mol. The van der Waals surface area contributed by atoms with Gasteiger partial charge in [-0.15, -0.1) is 10.2 Å². The van der Waals surface area contributed by atoms with Crippen molar-refractivity contribution in [2.75, 3.05) is 6.54 Å². The van der Waals surface area contributed by atoms with Crippen molar-refractivity contribution in [2.45, 2.75) is 58.0 Å². The second kappa shape index (κ2) is 9.06. The van der Waals surface area contributed by atoms with Gasteiger partial charge in [0.2, 0.25) is 0 Å². The average Bonchev–Trinajstić information content (AvgIpc) is 3.18. The fourth-order valence-electron chi connectivity index (χ4n) is 3.89. The summed E-state index contributed by atoms with van der Waals surface area (Å²) in [6, 6.07) is 8.23. The number of rotatable bonds is 8. The van der Waals surface area contributed by atoms with Crippen molar-refractivity contribution in [3.63, 3.8) is 0 Å². The molecule has 2 unspecified atom stereocenters. The zero-order valence-electron chi connectivity index (χ0n) is 15.1. The Morgan fingerprint density at radius 1 is 1.20 bits per heavy atom. The molecular weight excluding hydrogens is 312 g/mol. The Hall–Kier alpha value is -1.79. The lowest BCUT2D eigenvalue weighted by molar-refractivity contribution is 0.256. The Morgan fingerprint density at radius 3 is 2.68 bits per heavy atom. The molecule has 1 aromatic carbocycles. The van der Waals surface area contributed by atoms with E-state index in [1.54, 1.807) is 0 Å². The lowest BCUT2D eigenvalue weighted by atomic mass is 9.81. The molecule has 1 aromatic heterocycles. The van der Waals surface area contributed by atoms with Gasteiger partial charge in [-0.25, -0.2) is 0 Å². The molecule has 0 saturated heterocycles. The summed E-state index contributed by atoms with van der Waals surface area (Å²) >= 11 is 0. The van der Waals surface area contributed by atoms with Gasteiger partial charge in [-0.3, -0.25) is 0 Å². The van der Waals surface area contributed by atoms with Crippen molar-refractivity contribution >= 4 is 0 Å². The van der Waals surface area contributed by atoms with Gasteiger partial charge in [-0.1, -0.05) is 68.5 Å². The first-order chi connectivity index (χ1) is 12.2. The smallest absolute Gasteiger partial charge is 0.191 e. The number of nitrogens with zero attached hydrogens (tertiary/aromatic N) is 3. The van der Waals surface area contributed by atoms with Gasteiger partial charge >= 0.3 is 0 Å². The van der Waals surface area contributed by atoms with Crippen LogP contribution in [-0.2, 0) is 13.0 Å². The molecule has 25 heavy (non-hydrogen) atoms. The minimum atomic E-state index is -0.235. The summed E-state index contributed by atoms with van der Waals surface area (Å²) in [6.45, 7) is 4.35. The van der Waals surface area contributed by atoms with E-state index in [4.69, 9.17) is 5.73 Å². The summed E-state index contributed by atoms with van der Waals surface area (Å²) in [6.07, 6.45) is 7.76. The van der Waals surface area contributed by atoms with E-state index in [1.165, 1.54) is 43.2 Å². The van der Waals surface area contributed by atoms with Crippen LogP contribution in [0.15, 0.2) is 24.3 Å². The first kappa shape index (κ1) is 18.0. The zero-order chi connectivity index (χ0) is 17.5. The summed E-state index contributed by atoms with van der Waals surface area (Å²) in [5.74, 6) is 2.20. The normalized spacial score (nSPS) is 18.2. The van der Waals surface area contributed by atoms with Gasteiger partial charge in [0.15, 0.2) is 5.82 Å². The molecule has 4 N–H and O–H groups in total. The molecule has 1 aliphatic carbocycles. The van der Waals surface area contributed by atoms with Crippen molar-refractivity contribution in [3.8, 4) is 0 Å². The van der Waals surface area contributed by atoms with Crippen molar-refractivity contribution in [3.05, 3.63) is 41.2 Å². The first-order valence-corrected chi connectivity index (χ1v) is 9.50. The SMILES string of the molecule is CC(CNCc1ccccc1CC(N)c1nn[nH]n1)C1CCCCC1. The highest BCUT2D eigenvalue weighted by Crippen LogP contribution is 2.29. The monoisotopic (exact) mass is 342 g/mol. The molecule has 1 aliphatic rings. The number of H-pyrrole nitrogens is 1. The first-order valence-electron chi connectivity index (χ1n) is 9.50. The Morgan fingerprint density at radius 2 is 1.96 bits per heavy atom. The number of tetrazole rings is 1. The second-order valence-corrected chi connectivity index (χ2v) is 7.36. The maximum Gasteiger partial charge on any atom is 0.191 e. The molecule has 6 heteroatoms. The third-order valence-corrected chi connectivity index (χ3v) is 5.49. The molecule has 0 radical (unpaired) electrons. The van der Waals surface area contributed by atoms with Gasteiger partial charge in [0.1, 0.15) is 0 Å². The topological polar surface area (TPSA) is 92.5 Å². The average molecular weight is 342 g/mol. The number of hydrogen-bond donors (Lipinski definition) is 3. The van der Waals surface area contributed by atoms with E-state index in [0.29, 0.717) is 5.82 Å². The fourth-order valence-corrected chi connectivity index (χ4v) is 3.89. The largest absolute Gasteiger partial charge is 0.321 e. The van der Waals surface area contributed by atoms with Gasteiger partial charge < -0.3 is 11.1 Å². The predicted octanol–water partition coefficient (Wildman–Crippen LogP) is 2.75. The summed E-state index contributed by atoms with van der Waals surface area (Å²) in [5.41, 5.74) is 8.76. The van der Waals surface area contributed by atoms with Crippen LogP contribution >= 0.6 is 0 Å². The van der Waals surface area contributed by atoms with Gasteiger partial charge in [0, 0.05) is 6.54 Å². The summed E-state index contributed by atoms with van der Waals surface area (Å²) < 4.78 is 0. The highest BCUT2D eigenvalue weighted by atomic mass is 15.5. The van der Waals surface area contributed by atoms with E-state index >= 15 is 0 Å². The van der Waals surface area contributed by atoms with Gasteiger partial charge in [-0.2, -0.15) is 5.21 Å². The number of nitrogens with one attached hydrogen (secondary N) is 2. The minimum Gasteiger partial charge on any atom is -0.321 e. The zero-order valence-corrected chi connectivity index (χ0v) is 15.1. The van der Waals surface area contributed by atoms with Crippen LogP contribution in [0.1, 0.15) is 62.0 Å². The molecule has 136 valence electrons. The molecule has 0 spiro atoms. The number of benzene rings is 1. The molecule has 0 amide bonds. The number of nitrogens with two attached hydrogens (primary N) is 1. The molecule has 6 nitrogen and oxygen atoms in total. The molecule has 1 fully saturated rings. The molecule has 2 atom stereocenters. The van der Waals surface area contributed by atoms with Crippen molar-refractivity contribution in [1.29, 1.82) is 0 Å². The van der Waals surface area contributed by atoms with Crippen LogP contribution < -0.4 is 11.1 Å². The van der Waals surface area contributed by atoms with Crippen molar-refractivity contribution < 1.29 is 0 Å². The maximum atomic E-state index is 6.21. The highest BCUT2D eigenvalue weighted by molar-refractivity contribution is 5.28. The van der Waals surface area contributed by atoms with Crippen LogP contribution in [0.3, 0.4) is 0 Å². The van der Waals surface area contributed by atoms with Crippen LogP contribution in [0.25, 0.3) is 0 Å². The summed E-state index contributed by atoms with van der Waals surface area (Å²) in [4.78, 5) is 0. The molecule has 1 heterocycles. The quantitative estimate of drug-likeness (QED) is 0.686. The maximum absolute atomic E-state index is 6.21. The molecule has 3 rings (SSSR count). The van der Waals surface area contributed by atoms with Crippen LogP contribution in [0, 0.1) is 11.8 Å². The Labute approximate surface area is 150 Å². The molecule has 0 aliphatic heterocycles. The van der Waals surface area contributed by atoms with Crippen LogP contribution in [0.5, 0.6) is 0 Å². The Bertz CT molecular complexity index is 621. The van der Waals surface area contributed by atoms with E-state index in [2.05, 4.69) is 57.1 Å². The van der Waals surface area contributed by atoms with Crippen LogP contribution in [0.4, 0.5) is 0 Å². The molecular formula is C19H30N6. The Balaban J connectivity index is 1.52. The number of aromatic amines is 1. The van der Waals surface area contributed by atoms with E-state index in [-0.39, 0.29) is 6.04 Å². The number of aromatic nitrogens is 4. The van der Waals surface area contributed by atoms with E-state index in [9.17, 15) is 0 Å². The van der Waals surface area contributed by atoms with Crippen LogP contribution in [-0.4, -0.2) is 27.2 Å². The minimum absolute atomic E-state index is 0.235. The molecule has 2 aromatic rings. The Kier molecular flexibility index (Phi) is 6.53. The lowest BCUT2D eigenvalue weighted by Crippen LogP contribution is -2.27. The standard InChI is InChI=1S/C19H30N6/c1-14(15-7-3-2-4-8-15)12-21-13-17-10-6-5-9-16(17)11-18(20)19-22-24-25-23-19/h5-6,9-10,14-15,18,21H,2-4,7-8,11-13,20H2,1H3,(H,22,23,24,25). The van der Waals surface area contributed by atoms with E-state index < -0.39 is 0 Å². The van der Waals surface area contributed by atoms with Gasteiger partial charge in [-0.05, 0) is 35.9 Å². The van der Waals surface area contributed by atoms with E-state index in [1.807, 2.05) is 0 Å². The highest BCUT2D eigenvalue weighted by Gasteiger charge is 2.19. The van der Waals surface area contributed by atoms with Crippen molar-refractivity contribution in [2.24, 2.45) is 17.6 Å². The van der Waals surface area contributed by atoms with Gasteiger partial charge in [0.05, 0.1) is 6.04 Å².